The Kier molecular flexibility index (Phi) is 5.00. The van der Waals surface area contributed by atoms with E-state index in [1.54, 1.807) is 5.57 Å². The highest BCUT2D eigenvalue weighted by Gasteiger charge is 2.65. The fraction of sp³-hybridized carbons (Fsp3) is 0.793. The van der Waals surface area contributed by atoms with Gasteiger partial charge in [0.2, 0.25) is 0 Å². The van der Waals surface area contributed by atoms with Gasteiger partial charge >= 0.3 is 0 Å². The molecule has 0 aliphatic heterocycles. The molecule has 0 bridgehead atoms. The molecule has 0 heterocycles. The molecule has 0 saturated heterocycles. The molecule has 170 valence electrons. The quantitative estimate of drug-likeness (QED) is 0.358. The molecular formula is C29H42O2. The third kappa shape index (κ3) is 3.10. The summed E-state index contributed by atoms with van der Waals surface area (Å²) in [6, 6.07) is 0. The molecule has 0 aromatic carbocycles. The molecule has 0 N–H and O–H groups in total. The highest BCUT2D eigenvalue weighted by atomic mass is 16.1. The molecule has 0 amide bonds. The number of ketones is 2. The van der Waals surface area contributed by atoms with Crippen molar-refractivity contribution in [3.8, 4) is 0 Å². The van der Waals surface area contributed by atoms with Crippen LogP contribution in [0.3, 0.4) is 0 Å². The van der Waals surface area contributed by atoms with Crippen molar-refractivity contribution in [1.29, 1.82) is 0 Å². The standard InChI is InChI=1S/C29H42O2/c1-18(2)16-20(30)17-19(3)22-7-8-23-21-6-9-25-28(5,24(21)10-12-27(22,23)4)13-11-26(31)29(25)14-15-29/h9,16,19,21-24H,6-8,10-15,17H2,1-5H3/t19-,21+,22-,23+,24+,27-,28-/m1/s1. The summed E-state index contributed by atoms with van der Waals surface area (Å²) in [7, 11) is 0. The van der Waals surface area contributed by atoms with Crippen LogP contribution in [0.4, 0.5) is 0 Å². The van der Waals surface area contributed by atoms with Gasteiger partial charge in [-0.05, 0) is 112 Å². The van der Waals surface area contributed by atoms with Crippen molar-refractivity contribution in [3.05, 3.63) is 23.3 Å². The summed E-state index contributed by atoms with van der Waals surface area (Å²) in [6.45, 7) is 11.5. The average molecular weight is 423 g/mol. The van der Waals surface area contributed by atoms with E-state index < -0.39 is 0 Å². The molecule has 5 aliphatic carbocycles. The Bertz CT molecular complexity index is 854. The predicted molar refractivity (Wildman–Crippen MR) is 125 cm³/mol. The number of fused-ring (bicyclic) bond motifs is 6. The lowest BCUT2D eigenvalue weighted by Gasteiger charge is -2.59. The van der Waals surface area contributed by atoms with Crippen molar-refractivity contribution in [1.82, 2.24) is 0 Å². The highest BCUT2D eigenvalue weighted by Crippen LogP contribution is 2.72. The van der Waals surface area contributed by atoms with Crippen LogP contribution in [-0.4, -0.2) is 11.6 Å². The second-order valence-electron chi connectivity index (χ2n) is 12.8. The molecule has 0 aromatic heterocycles. The average Bonchev–Trinajstić information content (AvgIpc) is 3.39. The predicted octanol–water partition coefficient (Wildman–Crippen LogP) is 7.09. The van der Waals surface area contributed by atoms with Gasteiger partial charge < -0.3 is 0 Å². The van der Waals surface area contributed by atoms with Crippen LogP contribution in [0.2, 0.25) is 0 Å². The Balaban J connectivity index is 1.38. The number of carbonyl (C=O) groups is 2. The number of Topliss-reactive ketones (excluding diaryl/α,β-unsaturated/α-hetero) is 1. The molecule has 2 heteroatoms. The van der Waals surface area contributed by atoms with Gasteiger partial charge in [0.25, 0.3) is 0 Å². The molecule has 7 atom stereocenters. The number of carbonyl (C=O) groups excluding carboxylic acids is 2. The number of allylic oxidation sites excluding steroid dienone is 4. The summed E-state index contributed by atoms with van der Waals surface area (Å²) in [4.78, 5) is 25.3. The second kappa shape index (κ2) is 7.16. The molecule has 2 nitrogen and oxygen atoms in total. The van der Waals surface area contributed by atoms with Crippen LogP contribution in [0.25, 0.3) is 0 Å². The smallest absolute Gasteiger partial charge is 0.155 e. The zero-order valence-corrected chi connectivity index (χ0v) is 20.4. The Morgan fingerprint density at radius 2 is 1.84 bits per heavy atom. The van der Waals surface area contributed by atoms with E-state index >= 15 is 0 Å². The SMILES string of the molecule is CC(C)=CC(=O)C[C@@H](C)[C@H]1CC[C@H]2[C@@H]3CC=C4C5(CC5)C(=O)CC[C@]4(C)[C@H]3CC[C@]12C. The van der Waals surface area contributed by atoms with Gasteiger partial charge in [-0.25, -0.2) is 0 Å². The van der Waals surface area contributed by atoms with E-state index in [1.807, 2.05) is 19.9 Å². The molecule has 5 aliphatic rings. The normalized spacial score (nSPS) is 43.4. The minimum Gasteiger partial charge on any atom is -0.299 e. The summed E-state index contributed by atoms with van der Waals surface area (Å²) in [5.74, 6) is 4.34. The number of hydrogen-bond acceptors (Lipinski definition) is 2. The Morgan fingerprint density at radius 1 is 1.10 bits per heavy atom. The largest absolute Gasteiger partial charge is 0.299 e. The van der Waals surface area contributed by atoms with Crippen molar-refractivity contribution in [2.75, 3.05) is 0 Å². The van der Waals surface area contributed by atoms with Crippen molar-refractivity contribution in [2.45, 2.75) is 98.8 Å². The van der Waals surface area contributed by atoms with E-state index in [-0.39, 0.29) is 10.8 Å². The van der Waals surface area contributed by atoms with Gasteiger partial charge in [-0.15, -0.1) is 0 Å². The van der Waals surface area contributed by atoms with Crippen LogP contribution in [0.5, 0.6) is 0 Å². The van der Waals surface area contributed by atoms with Gasteiger partial charge in [-0.1, -0.05) is 38.0 Å². The molecule has 31 heavy (non-hydrogen) atoms. The van der Waals surface area contributed by atoms with Gasteiger partial charge in [-0.3, -0.25) is 9.59 Å². The molecule has 1 spiro atoms. The first-order valence-electron chi connectivity index (χ1n) is 13.0. The minimum atomic E-state index is -0.0310. The van der Waals surface area contributed by atoms with Crippen molar-refractivity contribution < 1.29 is 9.59 Å². The summed E-state index contributed by atoms with van der Waals surface area (Å²) in [5, 5.41) is 0. The molecule has 0 radical (unpaired) electrons. The van der Waals surface area contributed by atoms with Gasteiger partial charge in [0.1, 0.15) is 5.78 Å². The molecule has 0 unspecified atom stereocenters. The van der Waals surface area contributed by atoms with Crippen LogP contribution in [0.1, 0.15) is 98.8 Å². The Hall–Kier alpha value is -1.18. The molecule has 4 fully saturated rings. The van der Waals surface area contributed by atoms with E-state index in [0.717, 1.165) is 49.0 Å². The monoisotopic (exact) mass is 422 g/mol. The lowest BCUT2D eigenvalue weighted by atomic mass is 9.45. The maximum absolute atomic E-state index is 12.8. The van der Waals surface area contributed by atoms with E-state index in [9.17, 15) is 9.59 Å². The third-order valence-electron chi connectivity index (χ3n) is 10.9. The summed E-state index contributed by atoms with van der Waals surface area (Å²) in [5.41, 5.74) is 3.30. The van der Waals surface area contributed by atoms with Crippen molar-refractivity contribution in [3.63, 3.8) is 0 Å². The molecular weight excluding hydrogens is 380 g/mol. The summed E-state index contributed by atoms with van der Waals surface area (Å²) >= 11 is 0. The highest BCUT2D eigenvalue weighted by molar-refractivity contribution is 5.92. The fourth-order valence-electron chi connectivity index (χ4n) is 9.41. The van der Waals surface area contributed by atoms with Crippen LogP contribution < -0.4 is 0 Å². The maximum atomic E-state index is 12.8. The third-order valence-corrected chi connectivity index (χ3v) is 10.9. The van der Waals surface area contributed by atoms with Crippen LogP contribution >= 0.6 is 0 Å². The molecule has 5 rings (SSSR count). The fourth-order valence-corrected chi connectivity index (χ4v) is 9.41. The number of hydrogen-bond donors (Lipinski definition) is 0. The molecule has 4 saturated carbocycles. The Labute approximate surface area is 189 Å². The van der Waals surface area contributed by atoms with Crippen LogP contribution in [0.15, 0.2) is 23.3 Å². The van der Waals surface area contributed by atoms with E-state index in [1.165, 1.54) is 32.1 Å². The summed E-state index contributed by atoms with van der Waals surface area (Å²) in [6.07, 6.45) is 15.7. The van der Waals surface area contributed by atoms with Gasteiger partial charge in [-0.2, -0.15) is 0 Å². The first-order chi connectivity index (χ1) is 14.6. The van der Waals surface area contributed by atoms with Crippen molar-refractivity contribution >= 4 is 11.6 Å². The van der Waals surface area contributed by atoms with Crippen LogP contribution in [0, 0.1) is 45.8 Å². The summed E-state index contributed by atoms with van der Waals surface area (Å²) < 4.78 is 0. The first-order valence-corrected chi connectivity index (χ1v) is 13.0. The van der Waals surface area contributed by atoms with Gasteiger partial charge in [0.05, 0.1) is 5.41 Å². The van der Waals surface area contributed by atoms with Gasteiger partial charge in [0, 0.05) is 12.8 Å². The lowest BCUT2D eigenvalue weighted by Crippen LogP contribution is -2.52. The van der Waals surface area contributed by atoms with Crippen molar-refractivity contribution in [2.24, 2.45) is 45.8 Å². The number of rotatable bonds is 4. The van der Waals surface area contributed by atoms with Crippen LogP contribution in [-0.2, 0) is 9.59 Å². The lowest BCUT2D eigenvalue weighted by molar-refractivity contribution is -0.129. The zero-order chi connectivity index (χ0) is 22.2. The van der Waals surface area contributed by atoms with Gasteiger partial charge in [0.15, 0.2) is 5.78 Å². The topological polar surface area (TPSA) is 34.1 Å². The Morgan fingerprint density at radius 3 is 2.52 bits per heavy atom. The minimum absolute atomic E-state index is 0.0310. The maximum Gasteiger partial charge on any atom is 0.155 e. The second-order valence-corrected chi connectivity index (χ2v) is 12.8. The zero-order valence-electron chi connectivity index (χ0n) is 20.4. The van der Waals surface area contributed by atoms with E-state index in [0.29, 0.717) is 35.2 Å². The molecule has 0 aromatic rings. The van der Waals surface area contributed by atoms with E-state index in [4.69, 9.17) is 0 Å². The first kappa shape index (κ1) is 21.7. The van der Waals surface area contributed by atoms with E-state index in [2.05, 4.69) is 26.8 Å².